The Morgan fingerprint density at radius 2 is 2.00 bits per heavy atom. The molecule has 1 fully saturated rings. The van der Waals surface area contributed by atoms with Crippen molar-refractivity contribution in [3.05, 3.63) is 45.8 Å². The van der Waals surface area contributed by atoms with Crippen LogP contribution >= 0.6 is 0 Å². The molecule has 2 heterocycles. The molecule has 0 saturated carbocycles. The summed E-state index contributed by atoms with van der Waals surface area (Å²) < 4.78 is 10.5. The highest BCUT2D eigenvalue weighted by Crippen LogP contribution is 2.20. The molecular weight excluding hydrogens is 364 g/mol. The van der Waals surface area contributed by atoms with Gasteiger partial charge in [-0.2, -0.15) is 0 Å². The average Bonchev–Trinajstić information content (AvgIpc) is 2.91. The molecule has 0 spiro atoms. The summed E-state index contributed by atoms with van der Waals surface area (Å²) in [7, 11) is 1.55. The number of imide groups is 1. The van der Waals surface area contributed by atoms with E-state index in [1.165, 1.54) is 11.0 Å². The summed E-state index contributed by atoms with van der Waals surface area (Å²) in [5, 5.41) is 0.723. The van der Waals surface area contributed by atoms with Crippen molar-refractivity contribution < 1.29 is 23.5 Å². The number of benzene rings is 1. The smallest absolute Gasteiger partial charge is 0.336 e. The van der Waals surface area contributed by atoms with E-state index in [-0.39, 0.29) is 38.1 Å². The van der Waals surface area contributed by atoms with Crippen LogP contribution in [0.2, 0.25) is 0 Å². The minimum absolute atomic E-state index is 0.0449. The van der Waals surface area contributed by atoms with Crippen LogP contribution < -0.4 is 5.63 Å². The third kappa shape index (κ3) is 4.21. The van der Waals surface area contributed by atoms with Gasteiger partial charge >= 0.3 is 17.6 Å². The summed E-state index contributed by atoms with van der Waals surface area (Å²) in [6.07, 6.45) is 1.21. The summed E-state index contributed by atoms with van der Waals surface area (Å²) in [6, 6.07) is 6.56. The number of amides is 3. The van der Waals surface area contributed by atoms with Crippen LogP contribution in [0.4, 0.5) is 4.79 Å². The van der Waals surface area contributed by atoms with Crippen molar-refractivity contribution in [2.75, 3.05) is 20.1 Å². The van der Waals surface area contributed by atoms with E-state index in [1.807, 2.05) is 25.1 Å². The second kappa shape index (κ2) is 8.24. The molecule has 3 rings (SSSR count). The Labute approximate surface area is 161 Å². The molecule has 8 heteroatoms. The van der Waals surface area contributed by atoms with Crippen LogP contribution in [-0.4, -0.2) is 47.8 Å². The van der Waals surface area contributed by atoms with Crippen molar-refractivity contribution in [3.63, 3.8) is 0 Å². The number of esters is 1. The normalized spacial score (nSPS) is 14.2. The molecule has 148 valence electrons. The van der Waals surface area contributed by atoms with Crippen molar-refractivity contribution in [2.24, 2.45) is 0 Å². The number of carbonyl (C=O) groups excluding carboxylic acids is 3. The molecule has 8 nitrogen and oxygen atoms in total. The highest BCUT2D eigenvalue weighted by atomic mass is 16.5. The van der Waals surface area contributed by atoms with Gasteiger partial charge in [0.1, 0.15) is 18.7 Å². The van der Waals surface area contributed by atoms with Crippen LogP contribution in [0.5, 0.6) is 0 Å². The summed E-state index contributed by atoms with van der Waals surface area (Å²) in [4.78, 5) is 49.7. The van der Waals surface area contributed by atoms with Crippen LogP contribution in [0.25, 0.3) is 11.0 Å². The van der Waals surface area contributed by atoms with Gasteiger partial charge in [0.25, 0.3) is 0 Å². The van der Waals surface area contributed by atoms with Crippen LogP contribution in [-0.2, 0) is 27.4 Å². The molecule has 1 aromatic carbocycles. The summed E-state index contributed by atoms with van der Waals surface area (Å²) >= 11 is 0. The molecule has 1 aliphatic heterocycles. The fraction of sp³-hybridized carbons (Fsp3) is 0.400. The number of rotatable bonds is 7. The van der Waals surface area contributed by atoms with Crippen LogP contribution in [0.1, 0.15) is 30.9 Å². The van der Waals surface area contributed by atoms with E-state index < -0.39 is 11.6 Å². The van der Waals surface area contributed by atoms with Gasteiger partial charge in [-0.05, 0) is 24.5 Å². The number of fused-ring (bicyclic) bond motifs is 1. The number of aryl methyl sites for hydroxylation is 1. The molecule has 28 heavy (non-hydrogen) atoms. The SMILES string of the molecule is CCc1ccc2c(COC(=O)CCCN3C(=O)CN(C)C3=O)cc(=O)oc2c1. The van der Waals surface area contributed by atoms with Crippen molar-refractivity contribution in [1.82, 2.24) is 9.80 Å². The maximum absolute atomic E-state index is 12.0. The summed E-state index contributed by atoms with van der Waals surface area (Å²) in [5.41, 5.74) is 1.59. The molecule has 0 bridgehead atoms. The maximum atomic E-state index is 12.0. The lowest BCUT2D eigenvalue weighted by Gasteiger charge is -2.13. The van der Waals surface area contributed by atoms with Gasteiger partial charge in [-0.1, -0.05) is 19.1 Å². The number of hydrogen-bond acceptors (Lipinski definition) is 6. The Hall–Kier alpha value is -3.16. The predicted molar refractivity (Wildman–Crippen MR) is 101 cm³/mol. The third-order valence-corrected chi connectivity index (χ3v) is 4.69. The zero-order valence-corrected chi connectivity index (χ0v) is 15.9. The fourth-order valence-corrected chi connectivity index (χ4v) is 3.11. The first-order chi connectivity index (χ1) is 13.4. The molecule has 0 atom stereocenters. The monoisotopic (exact) mass is 386 g/mol. The molecule has 2 aromatic rings. The number of nitrogens with zero attached hydrogens (tertiary/aromatic N) is 2. The molecule has 0 aliphatic carbocycles. The first-order valence-electron chi connectivity index (χ1n) is 9.15. The molecule has 0 unspecified atom stereocenters. The van der Waals surface area contributed by atoms with Crippen molar-refractivity contribution in [2.45, 2.75) is 32.8 Å². The lowest BCUT2D eigenvalue weighted by atomic mass is 10.1. The average molecular weight is 386 g/mol. The van der Waals surface area contributed by atoms with Gasteiger partial charge < -0.3 is 14.1 Å². The van der Waals surface area contributed by atoms with Crippen LogP contribution in [0.15, 0.2) is 33.5 Å². The number of likely N-dealkylation sites (N-methyl/N-ethyl adjacent to an activating group) is 1. The van der Waals surface area contributed by atoms with Crippen LogP contribution in [0, 0.1) is 0 Å². The van der Waals surface area contributed by atoms with E-state index in [0.717, 1.165) is 22.3 Å². The topological polar surface area (TPSA) is 97.1 Å². The van der Waals surface area contributed by atoms with Gasteiger partial charge in [0.2, 0.25) is 5.91 Å². The molecule has 3 amide bonds. The minimum atomic E-state index is -0.498. The lowest BCUT2D eigenvalue weighted by molar-refractivity contribution is -0.145. The van der Waals surface area contributed by atoms with Gasteiger partial charge in [-0.3, -0.25) is 14.5 Å². The van der Waals surface area contributed by atoms with Crippen molar-refractivity contribution in [3.8, 4) is 0 Å². The number of carbonyl (C=O) groups is 3. The largest absolute Gasteiger partial charge is 0.461 e. The zero-order valence-electron chi connectivity index (χ0n) is 15.9. The van der Waals surface area contributed by atoms with E-state index in [2.05, 4.69) is 0 Å². The van der Waals surface area contributed by atoms with Gasteiger partial charge in [0.05, 0.1) is 0 Å². The number of hydrogen-bond donors (Lipinski definition) is 0. The van der Waals surface area contributed by atoms with E-state index >= 15 is 0 Å². The third-order valence-electron chi connectivity index (χ3n) is 4.69. The molecule has 1 aromatic heterocycles. The van der Waals surface area contributed by atoms with Gasteiger partial charge in [-0.15, -0.1) is 0 Å². The second-order valence-electron chi connectivity index (χ2n) is 6.72. The first-order valence-corrected chi connectivity index (χ1v) is 9.15. The number of ether oxygens (including phenoxy) is 1. The van der Waals surface area contributed by atoms with Crippen molar-refractivity contribution >= 4 is 28.9 Å². The van der Waals surface area contributed by atoms with Gasteiger partial charge in [0.15, 0.2) is 0 Å². The molecule has 1 aliphatic rings. The van der Waals surface area contributed by atoms with Crippen LogP contribution in [0.3, 0.4) is 0 Å². The van der Waals surface area contributed by atoms with E-state index in [1.54, 1.807) is 7.05 Å². The Balaban J connectivity index is 1.57. The summed E-state index contributed by atoms with van der Waals surface area (Å²) in [5.74, 6) is -0.728. The quantitative estimate of drug-likeness (QED) is 0.411. The van der Waals surface area contributed by atoms with Crippen molar-refractivity contribution in [1.29, 1.82) is 0 Å². The Morgan fingerprint density at radius 3 is 2.68 bits per heavy atom. The zero-order chi connectivity index (χ0) is 20.3. The Morgan fingerprint density at radius 1 is 1.21 bits per heavy atom. The van der Waals surface area contributed by atoms with E-state index in [4.69, 9.17) is 9.15 Å². The highest BCUT2D eigenvalue weighted by molar-refractivity contribution is 6.01. The first kappa shape index (κ1) is 19.6. The second-order valence-corrected chi connectivity index (χ2v) is 6.72. The van der Waals surface area contributed by atoms with Gasteiger partial charge in [-0.25, -0.2) is 9.59 Å². The predicted octanol–water partition coefficient (Wildman–Crippen LogP) is 2.07. The lowest BCUT2D eigenvalue weighted by Crippen LogP contribution is -2.32. The maximum Gasteiger partial charge on any atom is 0.336 e. The highest BCUT2D eigenvalue weighted by Gasteiger charge is 2.32. The summed E-state index contributed by atoms with van der Waals surface area (Å²) in [6.45, 7) is 2.20. The Kier molecular flexibility index (Phi) is 5.77. The minimum Gasteiger partial charge on any atom is -0.461 e. The standard InChI is InChI=1S/C20H22N2O6/c1-3-13-6-7-15-14(10-19(25)28-16(15)9-13)12-27-18(24)5-4-8-22-17(23)11-21(2)20(22)26/h6-7,9-10H,3-5,8,11-12H2,1-2H3. The molecule has 1 saturated heterocycles. The van der Waals surface area contributed by atoms with E-state index in [0.29, 0.717) is 17.6 Å². The molecule has 0 radical (unpaired) electrons. The van der Waals surface area contributed by atoms with Gasteiger partial charge in [0, 0.05) is 37.0 Å². The fourth-order valence-electron chi connectivity index (χ4n) is 3.11. The van der Waals surface area contributed by atoms with E-state index in [9.17, 15) is 19.2 Å². The Bertz CT molecular complexity index is 980. The molecular formula is C20H22N2O6. The molecule has 0 N–H and O–H groups in total. The number of urea groups is 1.